The fourth-order valence-corrected chi connectivity index (χ4v) is 1.76. The van der Waals surface area contributed by atoms with E-state index in [-0.39, 0.29) is 10.2 Å². The van der Waals surface area contributed by atoms with Crippen LogP contribution in [0.5, 0.6) is 0 Å². The van der Waals surface area contributed by atoms with Crippen molar-refractivity contribution >= 4 is 39.5 Å². The standard InChI is InChI=1S/C11H11BrFN3O4/c12-6-3-5(13)1-2-7(6)15-11(20)16-8(10(18)19)4-9(14)17/h1-3,8H,4H2,(H2,14,17)(H,18,19)(H2,15,16,20). The summed E-state index contributed by atoms with van der Waals surface area (Å²) in [6.07, 6.45) is -0.534. The van der Waals surface area contributed by atoms with Gasteiger partial charge in [-0.3, -0.25) is 4.79 Å². The second-order valence-electron chi connectivity index (χ2n) is 3.78. The van der Waals surface area contributed by atoms with E-state index in [4.69, 9.17) is 10.8 Å². The summed E-state index contributed by atoms with van der Waals surface area (Å²) in [5.74, 6) is -2.75. The number of anilines is 1. The molecule has 1 rings (SSSR count). The van der Waals surface area contributed by atoms with Crippen LogP contribution in [0.25, 0.3) is 0 Å². The van der Waals surface area contributed by atoms with Gasteiger partial charge in [0.05, 0.1) is 12.1 Å². The maximum absolute atomic E-state index is 12.9. The molecule has 0 bridgehead atoms. The Morgan fingerprint density at radius 3 is 2.55 bits per heavy atom. The number of amides is 3. The van der Waals surface area contributed by atoms with Gasteiger partial charge in [0, 0.05) is 4.47 Å². The number of carboxylic acid groups (broad SMARTS) is 1. The quantitative estimate of drug-likeness (QED) is 0.635. The summed E-state index contributed by atoms with van der Waals surface area (Å²) in [4.78, 5) is 33.1. The van der Waals surface area contributed by atoms with Gasteiger partial charge in [0.1, 0.15) is 11.9 Å². The number of hydrogen-bond acceptors (Lipinski definition) is 3. The van der Waals surface area contributed by atoms with Crippen LogP contribution in [-0.4, -0.2) is 29.1 Å². The second kappa shape index (κ2) is 6.85. The van der Waals surface area contributed by atoms with Crippen molar-refractivity contribution in [2.75, 3.05) is 5.32 Å². The first-order chi connectivity index (χ1) is 9.29. The molecule has 0 heterocycles. The SMILES string of the molecule is NC(=O)CC(NC(=O)Nc1ccc(F)cc1Br)C(=O)O. The normalized spacial score (nSPS) is 11.5. The Morgan fingerprint density at radius 1 is 1.40 bits per heavy atom. The minimum atomic E-state index is -1.44. The molecule has 0 aliphatic heterocycles. The third-order valence-electron chi connectivity index (χ3n) is 2.19. The van der Waals surface area contributed by atoms with Crippen molar-refractivity contribution in [3.8, 4) is 0 Å². The fraction of sp³-hybridized carbons (Fsp3) is 0.182. The van der Waals surface area contributed by atoms with Crippen LogP contribution >= 0.6 is 15.9 Å². The van der Waals surface area contributed by atoms with Crippen molar-refractivity contribution in [2.24, 2.45) is 5.73 Å². The van der Waals surface area contributed by atoms with E-state index in [0.717, 1.165) is 12.1 Å². The van der Waals surface area contributed by atoms with Gasteiger partial charge < -0.3 is 21.5 Å². The molecule has 7 nitrogen and oxygen atoms in total. The molecule has 0 aliphatic carbocycles. The molecule has 1 aromatic rings. The molecule has 0 saturated carbocycles. The lowest BCUT2D eigenvalue weighted by atomic mass is 10.2. The van der Waals surface area contributed by atoms with Gasteiger partial charge in [0.25, 0.3) is 0 Å². The van der Waals surface area contributed by atoms with Gasteiger partial charge in [-0.15, -0.1) is 0 Å². The number of primary amides is 1. The monoisotopic (exact) mass is 347 g/mol. The van der Waals surface area contributed by atoms with Crippen molar-refractivity contribution in [2.45, 2.75) is 12.5 Å². The molecule has 0 aromatic heterocycles. The number of carboxylic acids is 1. The zero-order valence-corrected chi connectivity index (χ0v) is 11.6. The lowest BCUT2D eigenvalue weighted by Crippen LogP contribution is -2.45. The zero-order chi connectivity index (χ0) is 15.3. The van der Waals surface area contributed by atoms with Crippen molar-refractivity contribution in [1.29, 1.82) is 0 Å². The largest absolute Gasteiger partial charge is 0.480 e. The first-order valence-corrected chi connectivity index (χ1v) is 6.12. The predicted molar refractivity (Wildman–Crippen MR) is 71.5 cm³/mol. The van der Waals surface area contributed by atoms with Crippen LogP contribution in [0.2, 0.25) is 0 Å². The number of aliphatic carboxylic acids is 1. The maximum atomic E-state index is 12.9. The Hall–Kier alpha value is -2.16. The van der Waals surface area contributed by atoms with E-state index in [1.165, 1.54) is 6.07 Å². The van der Waals surface area contributed by atoms with Crippen molar-refractivity contribution in [3.05, 3.63) is 28.5 Å². The fourth-order valence-electron chi connectivity index (χ4n) is 1.31. The maximum Gasteiger partial charge on any atom is 0.326 e. The van der Waals surface area contributed by atoms with Crippen molar-refractivity contribution in [1.82, 2.24) is 5.32 Å². The summed E-state index contributed by atoms with van der Waals surface area (Å²) in [5, 5.41) is 13.2. The topological polar surface area (TPSA) is 122 Å². The summed E-state index contributed by atoms with van der Waals surface area (Å²) in [6, 6.07) is 1.26. The first-order valence-electron chi connectivity index (χ1n) is 5.33. The second-order valence-corrected chi connectivity index (χ2v) is 4.64. The van der Waals surface area contributed by atoms with Gasteiger partial charge in [-0.2, -0.15) is 0 Å². The average Bonchev–Trinajstić information content (AvgIpc) is 2.31. The minimum Gasteiger partial charge on any atom is -0.480 e. The Bertz CT molecular complexity index is 552. The van der Waals surface area contributed by atoms with E-state index in [9.17, 15) is 18.8 Å². The van der Waals surface area contributed by atoms with Gasteiger partial charge in [-0.05, 0) is 34.1 Å². The third-order valence-corrected chi connectivity index (χ3v) is 2.84. The van der Waals surface area contributed by atoms with Crippen molar-refractivity contribution < 1.29 is 23.9 Å². The van der Waals surface area contributed by atoms with E-state index in [1.54, 1.807) is 0 Å². The van der Waals surface area contributed by atoms with Crippen LogP contribution in [0, 0.1) is 5.82 Å². The molecule has 5 N–H and O–H groups in total. The van der Waals surface area contributed by atoms with E-state index < -0.39 is 36.2 Å². The number of nitrogens with two attached hydrogens (primary N) is 1. The van der Waals surface area contributed by atoms with Gasteiger partial charge in [0.15, 0.2) is 0 Å². The molecular weight excluding hydrogens is 337 g/mol. The Morgan fingerprint density at radius 2 is 2.05 bits per heavy atom. The van der Waals surface area contributed by atoms with E-state index in [1.807, 2.05) is 0 Å². The smallest absolute Gasteiger partial charge is 0.326 e. The molecule has 3 amide bonds. The number of nitrogens with one attached hydrogen (secondary N) is 2. The number of hydrogen-bond donors (Lipinski definition) is 4. The van der Waals surface area contributed by atoms with Gasteiger partial charge in [0.2, 0.25) is 5.91 Å². The van der Waals surface area contributed by atoms with Gasteiger partial charge in [-0.1, -0.05) is 0 Å². The summed E-state index contributed by atoms with van der Waals surface area (Å²) in [7, 11) is 0. The minimum absolute atomic E-state index is 0.243. The molecule has 1 unspecified atom stereocenters. The molecule has 1 atom stereocenters. The van der Waals surface area contributed by atoms with E-state index in [2.05, 4.69) is 26.6 Å². The number of carbonyl (C=O) groups is 3. The lowest BCUT2D eigenvalue weighted by Gasteiger charge is -2.14. The Balaban J connectivity index is 2.70. The van der Waals surface area contributed by atoms with Crippen molar-refractivity contribution in [3.63, 3.8) is 0 Å². The number of benzene rings is 1. The molecule has 9 heteroatoms. The third kappa shape index (κ3) is 4.84. The average molecular weight is 348 g/mol. The highest BCUT2D eigenvalue weighted by Gasteiger charge is 2.22. The number of urea groups is 1. The van der Waals surface area contributed by atoms with Crippen LogP contribution in [-0.2, 0) is 9.59 Å². The van der Waals surface area contributed by atoms with Gasteiger partial charge in [-0.25, -0.2) is 14.0 Å². The van der Waals surface area contributed by atoms with Crippen LogP contribution < -0.4 is 16.4 Å². The number of rotatable bonds is 5. The van der Waals surface area contributed by atoms with Crippen LogP contribution in [0.1, 0.15) is 6.42 Å². The molecule has 0 spiro atoms. The Labute approximate surface area is 121 Å². The highest BCUT2D eigenvalue weighted by molar-refractivity contribution is 9.10. The molecule has 20 heavy (non-hydrogen) atoms. The zero-order valence-electron chi connectivity index (χ0n) is 10.0. The van der Waals surface area contributed by atoms with Gasteiger partial charge >= 0.3 is 12.0 Å². The predicted octanol–water partition coefficient (Wildman–Crippen LogP) is 1.04. The molecule has 0 radical (unpaired) electrons. The molecule has 1 aromatic carbocycles. The first kappa shape index (κ1) is 15.9. The molecule has 108 valence electrons. The van der Waals surface area contributed by atoms with E-state index in [0.29, 0.717) is 0 Å². The molecule has 0 aliphatic rings. The van der Waals surface area contributed by atoms with Crippen LogP contribution in [0.3, 0.4) is 0 Å². The number of halogens is 2. The molecule has 0 saturated heterocycles. The highest BCUT2D eigenvalue weighted by atomic mass is 79.9. The summed E-state index contributed by atoms with van der Waals surface area (Å²) < 4.78 is 13.1. The molecule has 0 fully saturated rings. The van der Waals surface area contributed by atoms with E-state index >= 15 is 0 Å². The summed E-state index contributed by atoms with van der Waals surface area (Å²) in [6.45, 7) is 0. The summed E-state index contributed by atoms with van der Waals surface area (Å²) >= 11 is 3.04. The molecular formula is C11H11BrFN3O4. The summed E-state index contributed by atoms with van der Waals surface area (Å²) in [5.41, 5.74) is 5.12. The lowest BCUT2D eigenvalue weighted by molar-refractivity contribution is -0.140. The highest BCUT2D eigenvalue weighted by Crippen LogP contribution is 2.22. The number of carbonyl (C=O) groups excluding carboxylic acids is 2. The van der Waals surface area contributed by atoms with Crippen LogP contribution in [0.4, 0.5) is 14.9 Å². The Kier molecular flexibility index (Phi) is 5.44. The van der Waals surface area contributed by atoms with Crippen LogP contribution in [0.15, 0.2) is 22.7 Å².